The van der Waals surface area contributed by atoms with Crippen LogP contribution in [0, 0.1) is 0 Å². The number of nitrogens with one attached hydrogen (secondary N) is 2. The largest absolute Gasteiger partial charge is 0.508 e. The number of urea groups is 1. The molecule has 0 aromatic heterocycles. The number of hydrogen-bond acceptors (Lipinski definition) is 2. The lowest BCUT2D eigenvalue weighted by Crippen LogP contribution is -2.35. The summed E-state index contributed by atoms with van der Waals surface area (Å²) < 4.78 is 0. The summed E-state index contributed by atoms with van der Waals surface area (Å²) in [6.07, 6.45) is 4.56. The smallest absolute Gasteiger partial charge is 0.315 e. The van der Waals surface area contributed by atoms with E-state index >= 15 is 0 Å². The van der Waals surface area contributed by atoms with E-state index in [9.17, 15) is 9.90 Å². The second kappa shape index (κ2) is 8.39. The van der Waals surface area contributed by atoms with Crippen molar-refractivity contribution in [2.24, 2.45) is 0 Å². The minimum Gasteiger partial charge on any atom is -0.508 e. The Morgan fingerprint density at radius 1 is 1.17 bits per heavy atom. The summed E-state index contributed by atoms with van der Waals surface area (Å²) in [6.45, 7) is 3.20. The van der Waals surface area contributed by atoms with Gasteiger partial charge in [0.1, 0.15) is 5.75 Å². The number of phenols is 1. The second-order valence-electron chi connectivity index (χ2n) is 4.30. The van der Waals surface area contributed by atoms with Gasteiger partial charge in [0.25, 0.3) is 0 Å². The molecule has 0 aliphatic carbocycles. The molecule has 4 nitrogen and oxygen atoms in total. The minimum absolute atomic E-state index is 0.185. The van der Waals surface area contributed by atoms with E-state index in [2.05, 4.69) is 17.6 Å². The van der Waals surface area contributed by atoms with Gasteiger partial charge in [-0.2, -0.15) is 0 Å². The molecule has 0 saturated carbocycles. The highest BCUT2D eigenvalue weighted by Crippen LogP contribution is 2.14. The summed E-state index contributed by atoms with van der Waals surface area (Å²) in [7, 11) is 0. The first-order valence-electron chi connectivity index (χ1n) is 6.52. The standard InChI is InChI=1S/C14H22N2O2/c1-2-3-4-7-10-15-14(18)16-11-12-8-5-6-9-13(12)17/h5-6,8-9,17H,2-4,7,10-11H2,1H3,(H2,15,16,18). The molecular weight excluding hydrogens is 228 g/mol. The first kappa shape index (κ1) is 14.4. The summed E-state index contributed by atoms with van der Waals surface area (Å²) in [5.41, 5.74) is 0.721. The number of aromatic hydroxyl groups is 1. The normalized spacial score (nSPS) is 10.1. The van der Waals surface area contributed by atoms with Crippen LogP contribution in [-0.4, -0.2) is 17.7 Å². The summed E-state index contributed by atoms with van der Waals surface area (Å²) in [4.78, 5) is 11.5. The predicted octanol–water partition coefficient (Wildman–Crippen LogP) is 2.77. The lowest BCUT2D eigenvalue weighted by molar-refractivity contribution is 0.240. The Morgan fingerprint density at radius 3 is 2.67 bits per heavy atom. The zero-order valence-corrected chi connectivity index (χ0v) is 10.9. The number of para-hydroxylation sites is 1. The van der Waals surface area contributed by atoms with Crippen LogP contribution in [-0.2, 0) is 6.54 Å². The first-order valence-corrected chi connectivity index (χ1v) is 6.52. The molecule has 0 fully saturated rings. The van der Waals surface area contributed by atoms with E-state index in [1.807, 2.05) is 6.07 Å². The highest BCUT2D eigenvalue weighted by molar-refractivity contribution is 5.73. The van der Waals surface area contributed by atoms with Crippen molar-refractivity contribution in [3.63, 3.8) is 0 Å². The Bertz CT molecular complexity index is 367. The van der Waals surface area contributed by atoms with Crippen molar-refractivity contribution >= 4 is 6.03 Å². The van der Waals surface area contributed by atoms with Crippen LogP contribution in [0.25, 0.3) is 0 Å². The van der Waals surface area contributed by atoms with Crippen molar-refractivity contribution in [1.82, 2.24) is 10.6 Å². The molecule has 0 aliphatic rings. The molecule has 3 N–H and O–H groups in total. The monoisotopic (exact) mass is 250 g/mol. The van der Waals surface area contributed by atoms with Crippen LogP contribution in [0.3, 0.4) is 0 Å². The molecule has 0 heterocycles. The van der Waals surface area contributed by atoms with Gasteiger partial charge < -0.3 is 15.7 Å². The molecule has 1 rings (SSSR count). The van der Waals surface area contributed by atoms with Crippen molar-refractivity contribution in [2.45, 2.75) is 39.2 Å². The zero-order valence-electron chi connectivity index (χ0n) is 10.9. The predicted molar refractivity (Wildman–Crippen MR) is 72.5 cm³/mol. The number of rotatable bonds is 7. The van der Waals surface area contributed by atoms with Gasteiger partial charge in [-0.3, -0.25) is 0 Å². The lowest BCUT2D eigenvalue weighted by atomic mass is 10.2. The zero-order chi connectivity index (χ0) is 13.2. The molecule has 0 aliphatic heterocycles. The van der Waals surface area contributed by atoms with E-state index in [1.54, 1.807) is 18.2 Å². The Kier molecular flexibility index (Phi) is 6.69. The molecule has 0 bridgehead atoms. The van der Waals surface area contributed by atoms with Gasteiger partial charge in [-0.15, -0.1) is 0 Å². The average molecular weight is 250 g/mol. The van der Waals surface area contributed by atoms with Crippen LogP contribution in [0.4, 0.5) is 4.79 Å². The van der Waals surface area contributed by atoms with Crippen molar-refractivity contribution < 1.29 is 9.90 Å². The van der Waals surface area contributed by atoms with Crippen molar-refractivity contribution in [2.75, 3.05) is 6.54 Å². The van der Waals surface area contributed by atoms with E-state index in [-0.39, 0.29) is 11.8 Å². The Hall–Kier alpha value is -1.71. The molecule has 0 atom stereocenters. The Labute approximate surface area is 108 Å². The Balaban J connectivity index is 2.15. The second-order valence-corrected chi connectivity index (χ2v) is 4.30. The fourth-order valence-corrected chi connectivity index (χ4v) is 1.65. The maximum atomic E-state index is 11.5. The molecule has 2 amide bonds. The number of phenolic OH excluding ortho intramolecular Hbond substituents is 1. The number of hydrogen-bond donors (Lipinski definition) is 3. The van der Waals surface area contributed by atoms with E-state index in [0.717, 1.165) is 18.4 Å². The highest BCUT2D eigenvalue weighted by atomic mass is 16.3. The third-order valence-electron chi connectivity index (χ3n) is 2.75. The van der Waals surface area contributed by atoms with E-state index in [4.69, 9.17) is 0 Å². The molecule has 1 aromatic rings. The summed E-state index contributed by atoms with van der Waals surface area (Å²) >= 11 is 0. The molecule has 0 radical (unpaired) electrons. The summed E-state index contributed by atoms with van der Waals surface area (Å²) in [5.74, 6) is 0.209. The maximum absolute atomic E-state index is 11.5. The molecule has 0 spiro atoms. The van der Waals surface area contributed by atoms with Gasteiger partial charge in [0.05, 0.1) is 0 Å². The van der Waals surface area contributed by atoms with Crippen molar-refractivity contribution in [3.05, 3.63) is 29.8 Å². The van der Waals surface area contributed by atoms with Gasteiger partial charge in [-0.1, -0.05) is 44.4 Å². The number of amides is 2. The molecule has 1 aromatic carbocycles. The SMILES string of the molecule is CCCCCCNC(=O)NCc1ccccc1O. The maximum Gasteiger partial charge on any atom is 0.315 e. The van der Waals surface area contributed by atoms with Crippen molar-refractivity contribution in [3.8, 4) is 5.75 Å². The quantitative estimate of drug-likeness (QED) is 0.652. The molecule has 0 unspecified atom stereocenters. The number of benzene rings is 1. The minimum atomic E-state index is -0.185. The van der Waals surface area contributed by atoms with Gasteiger partial charge in [0.15, 0.2) is 0 Å². The number of unbranched alkanes of at least 4 members (excludes halogenated alkanes) is 3. The van der Waals surface area contributed by atoms with Gasteiger partial charge >= 0.3 is 6.03 Å². The molecule has 100 valence electrons. The van der Waals surface area contributed by atoms with E-state index in [0.29, 0.717) is 13.1 Å². The van der Waals surface area contributed by atoms with Crippen LogP contribution in [0.15, 0.2) is 24.3 Å². The molecule has 4 heteroatoms. The van der Waals surface area contributed by atoms with Crippen LogP contribution in [0.1, 0.15) is 38.2 Å². The van der Waals surface area contributed by atoms with Gasteiger partial charge in [0.2, 0.25) is 0 Å². The van der Waals surface area contributed by atoms with E-state index in [1.165, 1.54) is 12.8 Å². The molecular formula is C14H22N2O2. The summed E-state index contributed by atoms with van der Waals surface area (Å²) in [6, 6.07) is 6.80. The van der Waals surface area contributed by atoms with Crippen LogP contribution in [0.2, 0.25) is 0 Å². The topological polar surface area (TPSA) is 61.4 Å². The lowest BCUT2D eigenvalue weighted by Gasteiger charge is -2.08. The van der Waals surface area contributed by atoms with Gasteiger partial charge in [0, 0.05) is 18.7 Å². The third-order valence-corrected chi connectivity index (χ3v) is 2.75. The van der Waals surface area contributed by atoms with Crippen LogP contribution in [0.5, 0.6) is 5.75 Å². The first-order chi connectivity index (χ1) is 8.74. The van der Waals surface area contributed by atoms with Crippen LogP contribution >= 0.6 is 0 Å². The van der Waals surface area contributed by atoms with E-state index < -0.39 is 0 Å². The van der Waals surface area contributed by atoms with Crippen LogP contribution < -0.4 is 10.6 Å². The Morgan fingerprint density at radius 2 is 1.94 bits per heavy atom. The average Bonchev–Trinajstić information content (AvgIpc) is 2.37. The van der Waals surface area contributed by atoms with Gasteiger partial charge in [-0.25, -0.2) is 4.79 Å². The fraction of sp³-hybridized carbons (Fsp3) is 0.500. The molecule has 18 heavy (non-hydrogen) atoms. The highest BCUT2D eigenvalue weighted by Gasteiger charge is 2.02. The molecule has 0 saturated heterocycles. The third kappa shape index (κ3) is 5.57. The summed E-state index contributed by atoms with van der Waals surface area (Å²) in [5, 5.41) is 15.0. The number of carbonyl (C=O) groups is 1. The van der Waals surface area contributed by atoms with Gasteiger partial charge in [-0.05, 0) is 12.5 Å². The number of carbonyl (C=O) groups excluding carboxylic acids is 1. The van der Waals surface area contributed by atoms with Crippen molar-refractivity contribution in [1.29, 1.82) is 0 Å². The fourth-order valence-electron chi connectivity index (χ4n) is 1.65.